The van der Waals surface area contributed by atoms with Gasteiger partial charge in [-0.05, 0) is 12.5 Å². The van der Waals surface area contributed by atoms with E-state index in [1.54, 1.807) is 6.08 Å². The van der Waals surface area contributed by atoms with Gasteiger partial charge in [-0.1, -0.05) is 30.4 Å². The maximum absolute atomic E-state index is 9.08. The quantitative estimate of drug-likeness (QED) is 0.511. The minimum absolute atomic E-state index is 0.537. The lowest BCUT2D eigenvalue weighted by Gasteiger charge is -2.10. The third kappa shape index (κ3) is 1.26. The Balaban J connectivity index is 2.86. The average molecular weight is 140 g/mol. The molecule has 1 atom stereocenters. The molecule has 9 heavy (non-hydrogen) atoms. The zero-order chi connectivity index (χ0) is 6.85. The van der Waals surface area contributed by atoms with E-state index in [4.69, 9.17) is 17.3 Å². The summed E-state index contributed by atoms with van der Waals surface area (Å²) in [6.07, 6.45) is 4.85. The summed E-state index contributed by atoms with van der Waals surface area (Å²) in [5.74, 6) is 0. The lowest BCUT2D eigenvalue weighted by atomic mass is 10.0. The largest absolute Gasteiger partial charge is 0.383 e. The van der Waals surface area contributed by atoms with Crippen LogP contribution in [0.1, 0.15) is 6.92 Å². The molecule has 1 nitrogen and oxygen atoms in total. The average Bonchev–Trinajstić information content (AvgIpc) is 1.83. The van der Waals surface area contributed by atoms with E-state index in [2.05, 4.69) is 0 Å². The van der Waals surface area contributed by atoms with Crippen LogP contribution < -0.4 is 0 Å². The Morgan fingerprint density at radius 1 is 1.67 bits per heavy atom. The molecule has 1 N–H and O–H groups in total. The minimum Gasteiger partial charge on any atom is -0.383 e. The second-order valence-corrected chi connectivity index (χ2v) is 2.48. The Morgan fingerprint density at radius 2 is 2.33 bits per heavy atom. The second kappa shape index (κ2) is 2.42. The molecule has 0 spiro atoms. The number of hydrogen-bond donors (Lipinski definition) is 1. The van der Waals surface area contributed by atoms with Crippen molar-refractivity contribution in [3.63, 3.8) is 0 Å². The van der Waals surface area contributed by atoms with E-state index in [1.165, 1.54) is 0 Å². The third-order valence-electron chi connectivity index (χ3n) is 1.30. The summed E-state index contributed by atoms with van der Waals surface area (Å²) >= 11 is 4.88. The summed E-state index contributed by atoms with van der Waals surface area (Å²) in [5.41, 5.74) is 0.986. The minimum atomic E-state index is -0.537. The number of allylic oxidation sites excluding steroid dienone is 2. The highest BCUT2D eigenvalue weighted by Crippen LogP contribution is 2.08. The predicted octanol–water partition coefficient (Wildman–Crippen LogP) is 1.23. The molecule has 0 heterocycles. The van der Waals surface area contributed by atoms with Crippen molar-refractivity contribution in [1.29, 1.82) is 0 Å². The van der Waals surface area contributed by atoms with Crippen molar-refractivity contribution >= 4 is 17.1 Å². The van der Waals surface area contributed by atoms with Gasteiger partial charge in [-0.3, -0.25) is 0 Å². The monoisotopic (exact) mass is 140 g/mol. The molecule has 0 radical (unpaired) electrons. The Morgan fingerprint density at radius 3 is 2.78 bits per heavy atom. The molecule has 0 aromatic carbocycles. The van der Waals surface area contributed by atoms with Crippen LogP contribution in [0.4, 0.5) is 0 Å². The number of aliphatic hydroxyl groups is 1. The fraction of sp³-hybridized carbons (Fsp3) is 0.286. The lowest BCUT2D eigenvalue weighted by Crippen LogP contribution is -2.18. The molecule has 0 fully saturated rings. The van der Waals surface area contributed by atoms with Gasteiger partial charge in [0.1, 0.15) is 6.10 Å². The van der Waals surface area contributed by atoms with Crippen LogP contribution in [-0.4, -0.2) is 16.1 Å². The zero-order valence-corrected chi connectivity index (χ0v) is 5.98. The normalized spacial score (nSPS) is 26.2. The predicted molar refractivity (Wildman–Crippen MR) is 41.5 cm³/mol. The van der Waals surface area contributed by atoms with Gasteiger partial charge in [0.05, 0.1) is 4.86 Å². The van der Waals surface area contributed by atoms with Gasteiger partial charge in [-0.25, -0.2) is 0 Å². The second-order valence-electron chi connectivity index (χ2n) is 2.04. The van der Waals surface area contributed by atoms with E-state index in [-0.39, 0.29) is 0 Å². The molecule has 0 aromatic heterocycles. The molecule has 1 aliphatic rings. The number of hydrogen-bond acceptors (Lipinski definition) is 2. The van der Waals surface area contributed by atoms with Crippen molar-refractivity contribution in [3.8, 4) is 0 Å². The highest BCUT2D eigenvalue weighted by atomic mass is 32.1. The van der Waals surface area contributed by atoms with E-state index in [0.29, 0.717) is 4.86 Å². The first-order chi connectivity index (χ1) is 4.22. The standard InChI is InChI=1S/C7H8OS/c1-5-3-2-4-6(8)7(5)9/h2-4,6,8H,1H3. The fourth-order valence-corrected chi connectivity index (χ4v) is 0.855. The number of aliphatic hydroxyl groups excluding tert-OH is 1. The Hall–Kier alpha value is -0.470. The maximum Gasteiger partial charge on any atom is 0.108 e. The fourth-order valence-electron chi connectivity index (χ4n) is 0.708. The van der Waals surface area contributed by atoms with Gasteiger partial charge in [-0.2, -0.15) is 0 Å². The first-order valence-corrected chi connectivity index (χ1v) is 3.20. The van der Waals surface area contributed by atoms with Gasteiger partial charge in [-0.15, -0.1) is 0 Å². The van der Waals surface area contributed by atoms with E-state index in [1.807, 2.05) is 19.1 Å². The first-order valence-electron chi connectivity index (χ1n) is 2.79. The van der Waals surface area contributed by atoms with Gasteiger partial charge in [0, 0.05) is 0 Å². The van der Waals surface area contributed by atoms with E-state index >= 15 is 0 Å². The molecular formula is C7H8OS. The highest BCUT2D eigenvalue weighted by molar-refractivity contribution is 7.81. The Kier molecular flexibility index (Phi) is 1.78. The SMILES string of the molecule is CC1=CC=CC(O)C1=S. The summed E-state index contributed by atoms with van der Waals surface area (Å²) in [4.78, 5) is 0.637. The van der Waals surface area contributed by atoms with Crippen LogP contribution in [-0.2, 0) is 0 Å². The van der Waals surface area contributed by atoms with Crippen LogP contribution in [0.2, 0.25) is 0 Å². The lowest BCUT2D eigenvalue weighted by molar-refractivity contribution is 0.291. The zero-order valence-electron chi connectivity index (χ0n) is 5.16. The van der Waals surface area contributed by atoms with Crippen LogP contribution in [0, 0.1) is 0 Å². The van der Waals surface area contributed by atoms with Gasteiger partial charge >= 0.3 is 0 Å². The van der Waals surface area contributed by atoms with Crippen LogP contribution in [0.5, 0.6) is 0 Å². The Bertz CT molecular complexity index is 191. The molecule has 2 heteroatoms. The molecule has 1 rings (SSSR count). The molecule has 0 aromatic rings. The van der Waals surface area contributed by atoms with Crippen molar-refractivity contribution in [2.24, 2.45) is 0 Å². The van der Waals surface area contributed by atoms with Crippen molar-refractivity contribution in [2.45, 2.75) is 13.0 Å². The van der Waals surface area contributed by atoms with Gasteiger partial charge in [0.2, 0.25) is 0 Å². The summed E-state index contributed by atoms with van der Waals surface area (Å²) in [6.45, 7) is 1.90. The van der Waals surface area contributed by atoms with E-state index in [9.17, 15) is 0 Å². The summed E-state index contributed by atoms with van der Waals surface area (Å²) in [7, 11) is 0. The molecule has 1 aliphatic carbocycles. The van der Waals surface area contributed by atoms with Crippen molar-refractivity contribution < 1.29 is 5.11 Å². The molecular weight excluding hydrogens is 132 g/mol. The number of thiocarbonyl (C=S) groups is 1. The Labute approximate surface area is 59.7 Å². The van der Waals surface area contributed by atoms with Crippen LogP contribution in [0.15, 0.2) is 23.8 Å². The van der Waals surface area contributed by atoms with Gasteiger partial charge in [0.15, 0.2) is 0 Å². The van der Waals surface area contributed by atoms with E-state index in [0.717, 1.165) is 5.57 Å². The van der Waals surface area contributed by atoms with Crippen molar-refractivity contribution in [2.75, 3.05) is 0 Å². The molecule has 0 saturated heterocycles. The van der Waals surface area contributed by atoms with Crippen molar-refractivity contribution in [1.82, 2.24) is 0 Å². The summed E-state index contributed by atoms with van der Waals surface area (Å²) < 4.78 is 0. The van der Waals surface area contributed by atoms with Gasteiger partial charge in [0.25, 0.3) is 0 Å². The van der Waals surface area contributed by atoms with Crippen LogP contribution >= 0.6 is 12.2 Å². The topological polar surface area (TPSA) is 20.2 Å². The molecule has 0 saturated carbocycles. The molecule has 1 unspecified atom stereocenters. The molecule has 0 amide bonds. The maximum atomic E-state index is 9.08. The van der Waals surface area contributed by atoms with Crippen LogP contribution in [0.3, 0.4) is 0 Å². The highest BCUT2D eigenvalue weighted by Gasteiger charge is 2.10. The molecule has 0 bridgehead atoms. The molecule has 0 aliphatic heterocycles. The third-order valence-corrected chi connectivity index (χ3v) is 1.86. The van der Waals surface area contributed by atoms with Gasteiger partial charge < -0.3 is 5.11 Å². The first kappa shape index (κ1) is 6.65. The van der Waals surface area contributed by atoms with E-state index < -0.39 is 6.10 Å². The number of rotatable bonds is 0. The molecule has 48 valence electrons. The van der Waals surface area contributed by atoms with Crippen molar-refractivity contribution in [3.05, 3.63) is 23.8 Å². The smallest absolute Gasteiger partial charge is 0.108 e. The van der Waals surface area contributed by atoms with Crippen LogP contribution in [0.25, 0.3) is 0 Å². The summed E-state index contributed by atoms with van der Waals surface area (Å²) in [5, 5.41) is 9.08. The summed E-state index contributed by atoms with van der Waals surface area (Å²) in [6, 6.07) is 0.